The van der Waals surface area contributed by atoms with Gasteiger partial charge in [-0.2, -0.15) is 0 Å². The molecule has 0 fully saturated rings. The van der Waals surface area contributed by atoms with Crippen molar-refractivity contribution in [2.45, 2.75) is 388 Å². The van der Waals surface area contributed by atoms with Gasteiger partial charge in [-0.3, -0.25) is 58.2 Å². The first kappa shape index (κ1) is 115. The molecule has 6 amide bonds. The van der Waals surface area contributed by atoms with Gasteiger partial charge >= 0.3 is 0 Å². The van der Waals surface area contributed by atoms with Gasteiger partial charge in [0.1, 0.15) is 34.6 Å². The van der Waals surface area contributed by atoms with Crippen molar-refractivity contribution in [2.75, 3.05) is 81.6 Å². The van der Waals surface area contributed by atoms with Gasteiger partial charge in [0.15, 0.2) is 34.2 Å². The summed E-state index contributed by atoms with van der Waals surface area (Å²) in [5.74, 6) is 3.52. The zero-order valence-electron chi connectivity index (χ0n) is 85.1. The fourth-order valence-corrected chi connectivity index (χ4v) is 15.5. The Morgan fingerprint density at radius 2 is 0.536 bits per heavy atom. The molecule has 6 rings (SSSR count). The van der Waals surface area contributed by atoms with Gasteiger partial charge in [0.05, 0.1) is 0 Å². The lowest BCUT2D eigenvalue weighted by atomic mass is 9.82. The molecule has 6 N–H and O–H groups in total. The summed E-state index contributed by atoms with van der Waals surface area (Å²) >= 11 is 0. The van der Waals surface area contributed by atoms with E-state index >= 15 is 0 Å². The Kier molecular flexibility index (Phi) is 49.8. The van der Waals surface area contributed by atoms with E-state index in [0.717, 1.165) is 180 Å². The zero-order chi connectivity index (χ0) is 96.0. The van der Waals surface area contributed by atoms with Crippen LogP contribution in [0.2, 0.25) is 0 Å². The third kappa shape index (κ3) is 30.5. The quantitative estimate of drug-likeness (QED) is 0.0207. The van der Waals surface area contributed by atoms with Crippen LogP contribution in [0, 0.1) is 20.8 Å². The van der Waals surface area contributed by atoms with E-state index in [1.54, 1.807) is 18.2 Å². The Balaban J connectivity index is 0.000000751. The van der Waals surface area contributed by atoms with Gasteiger partial charge in [0.25, 0.3) is 35.4 Å². The number of hydrogen-bond donors (Lipinski definition) is 6. The molecule has 30 nitrogen and oxygen atoms in total. The van der Waals surface area contributed by atoms with E-state index in [-0.39, 0.29) is 105 Å². The first-order valence-corrected chi connectivity index (χ1v) is 46.4. The molecular weight excluding hydrogens is 1590 g/mol. The lowest BCUT2D eigenvalue weighted by molar-refractivity contribution is 0.0604. The van der Waals surface area contributed by atoms with Gasteiger partial charge in [-0.15, -0.1) is 0 Å². The maximum atomic E-state index is 12.6. The van der Waals surface area contributed by atoms with Crippen LogP contribution in [0.1, 0.15) is 373 Å². The van der Waals surface area contributed by atoms with Crippen molar-refractivity contribution in [1.29, 1.82) is 0 Å². The number of hydrogen-bond acceptors (Lipinski definition) is 24. The predicted octanol–water partition coefficient (Wildman–Crippen LogP) is 16.6. The summed E-state index contributed by atoms with van der Waals surface area (Å²) in [4.78, 5) is 87.7. The minimum atomic E-state index is -0.187. The molecule has 0 aliphatic rings. The summed E-state index contributed by atoms with van der Waals surface area (Å²) in [6, 6.07) is 5.23. The SMILES string of the molecule is CCCC(CC)(C(C)NC(=O)c1cc(CC)on1)N(C)CC.CCCC(CC)(C(C)NC(=O)c1noc(CC)c1C)N(C)CC.CCc1cc(C(=O)NC(C)C(C)(C)N(C)CC)no1.CCc1cc(C(=O)NC(C)C(C)(CC)N(C)CC)no1.CCc1onc(C(=O)NC(C)C(C)(C)N(C)CC)c1C.CCc1onc(C(=O)NC(C)C(C)(CC)N(C)CC)c1C. The van der Waals surface area contributed by atoms with Crippen molar-refractivity contribution in [1.82, 2.24) is 92.2 Å². The van der Waals surface area contributed by atoms with Gasteiger partial charge in [-0.1, -0.05) is 168 Å². The molecule has 0 bridgehead atoms. The van der Waals surface area contributed by atoms with E-state index < -0.39 is 0 Å². The van der Waals surface area contributed by atoms with Crippen LogP contribution < -0.4 is 31.9 Å². The predicted molar refractivity (Wildman–Crippen MR) is 502 cm³/mol. The summed E-state index contributed by atoms with van der Waals surface area (Å²) in [6.07, 6.45) is 12.6. The van der Waals surface area contributed by atoms with Gasteiger partial charge in [0, 0.05) is 143 Å². The summed E-state index contributed by atoms with van der Waals surface area (Å²) in [5, 5.41) is 41.6. The molecule has 0 radical (unpaired) electrons. The van der Waals surface area contributed by atoms with Gasteiger partial charge < -0.3 is 59.0 Å². The van der Waals surface area contributed by atoms with Crippen molar-refractivity contribution in [3.05, 3.63) is 104 Å². The third-order valence-electron chi connectivity index (χ3n) is 27.9. The Morgan fingerprint density at radius 1 is 0.304 bits per heavy atom. The molecule has 0 spiro atoms. The third-order valence-corrected chi connectivity index (χ3v) is 27.9. The van der Waals surface area contributed by atoms with E-state index in [0.29, 0.717) is 34.2 Å². The van der Waals surface area contributed by atoms with Gasteiger partial charge in [0.2, 0.25) is 0 Å². The number of carbonyl (C=O) groups excluding carboxylic acids is 6. The molecule has 0 aliphatic heterocycles. The minimum absolute atomic E-state index is 0.00104. The smallest absolute Gasteiger partial charge is 0.274 e. The van der Waals surface area contributed by atoms with Crippen molar-refractivity contribution in [3.63, 3.8) is 0 Å². The van der Waals surface area contributed by atoms with Crippen LogP contribution in [-0.4, -0.2) is 247 Å². The zero-order valence-corrected chi connectivity index (χ0v) is 85.1. The molecule has 6 aromatic heterocycles. The number of aromatic nitrogens is 6. The normalized spacial score (nSPS) is 15.0. The monoisotopic (exact) mass is 1760 g/mol. The maximum absolute atomic E-state index is 12.6. The molecule has 0 aromatic carbocycles. The number of amides is 6. The van der Waals surface area contributed by atoms with Crippen LogP contribution in [0.25, 0.3) is 0 Å². The number of likely N-dealkylation sites (N-methyl/N-ethyl adjacent to an activating group) is 6. The fraction of sp³-hybridized carbons (Fsp3) is 0.747. The molecule has 30 heteroatoms. The van der Waals surface area contributed by atoms with Crippen molar-refractivity contribution < 1.29 is 55.9 Å². The molecular formula is C95H172N18O12. The number of nitrogens with one attached hydrogen (secondary N) is 6. The van der Waals surface area contributed by atoms with Crippen LogP contribution >= 0.6 is 0 Å². The molecule has 6 heterocycles. The number of carbonyl (C=O) groups is 6. The average molecular weight is 1760 g/mol. The first-order valence-electron chi connectivity index (χ1n) is 46.4. The molecule has 10 unspecified atom stereocenters. The Morgan fingerprint density at radius 3 is 0.744 bits per heavy atom. The first-order chi connectivity index (χ1) is 58.6. The fourth-order valence-electron chi connectivity index (χ4n) is 15.5. The second-order valence-electron chi connectivity index (χ2n) is 34.8. The molecule has 0 saturated carbocycles. The molecule has 714 valence electrons. The van der Waals surface area contributed by atoms with Gasteiger partial charge in [-0.05, 0) is 224 Å². The topological polar surface area (TPSA) is 350 Å². The second-order valence-corrected chi connectivity index (χ2v) is 34.8. The maximum Gasteiger partial charge on any atom is 0.274 e. The van der Waals surface area contributed by atoms with Crippen LogP contribution in [0.4, 0.5) is 0 Å². The highest BCUT2D eigenvalue weighted by atomic mass is 16.5. The van der Waals surface area contributed by atoms with E-state index in [2.05, 4.69) is 266 Å². The highest BCUT2D eigenvalue weighted by molar-refractivity contribution is 5.96. The van der Waals surface area contributed by atoms with Crippen molar-refractivity contribution >= 4 is 35.4 Å². The van der Waals surface area contributed by atoms with E-state index in [1.807, 2.05) is 97.1 Å². The minimum Gasteiger partial charge on any atom is -0.361 e. The number of aryl methyl sites for hydroxylation is 6. The van der Waals surface area contributed by atoms with Crippen molar-refractivity contribution in [2.24, 2.45) is 0 Å². The Labute approximate surface area is 752 Å². The summed E-state index contributed by atoms with van der Waals surface area (Å²) in [6.45, 7) is 74.1. The van der Waals surface area contributed by atoms with E-state index in [9.17, 15) is 28.8 Å². The number of nitrogens with zero attached hydrogens (tertiary/aromatic N) is 12. The summed E-state index contributed by atoms with van der Waals surface area (Å²) in [7, 11) is 12.5. The average Bonchev–Trinajstić information content (AvgIpc) is 1.73. The molecule has 125 heavy (non-hydrogen) atoms. The molecule has 0 saturated heterocycles. The Hall–Kier alpha value is -8.16. The van der Waals surface area contributed by atoms with Gasteiger partial charge in [-0.25, -0.2) is 0 Å². The van der Waals surface area contributed by atoms with Crippen LogP contribution in [0.15, 0.2) is 45.3 Å². The highest BCUT2D eigenvalue weighted by Crippen LogP contribution is 2.32. The summed E-state index contributed by atoms with van der Waals surface area (Å²) < 4.78 is 30.9. The van der Waals surface area contributed by atoms with Crippen LogP contribution in [0.5, 0.6) is 0 Å². The summed E-state index contributed by atoms with van der Waals surface area (Å²) in [5.41, 5.74) is 4.29. The highest BCUT2D eigenvalue weighted by Gasteiger charge is 2.42. The second kappa shape index (κ2) is 54.2. The molecule has 6 aromatic rings. The standard InChI is InChI=1S/C18H33N3O2.C17H31N3O2.C16H29N3O2.2C15H27N3O2.C14H25N3O2/c1-8-12-18(10-3,21(7)11-4)14(6)19-17(22)16-13(5)15(9-2)23-20-16;1-7-11-17(9-3,20(6)10-4)13(5)18-16(21)15-12-14(8-2)22-19-15;1-8-13-11(4)14(18-21-13)15(20)17-12(5)16(6,9-2)19(7)10-3;1-8-12-10(3)13(17-20-12)14(19)16-11(4)15(5,6)18(7)9-2;1-7-12-10-13(17-20-12)14(19)16-11(4)15(5,8-2)18(6)9-3;1-7-11-9-12(16-19-11)13(18)15-10(3)14(4,5)17(6)8-2/h14H,8-12H2,1-7H3,(H,19,22);12-13H,7-11H2,1-6H3,(H,18,21);12H,8-10H2,1-7H3,(H,17,20);11H,8-9H2,1-7H3,(H,16,19);10-11H,7-9H2,1-6H3,(H,16,19);9-10H,7-8H2,1-6H3,(H,15,18). The lowest BCUT2D eigenvalue weighted by Crippen LogP contribution is -2.59. The van der Waals surface area contributed by atoms with E-state index in [1.165, 1.54) is 0 Å². The Bertz CT molecular complexity index is 4140. The lowest BCUT2D eigenvalue weighted by Gasteiger charge is -2.46. The molecule has 0 aliphatic carbocycles. The number of rotatable bonds is 44. The van der Waals surface area contributed by atoms with Crippen LogP contribution in [-0.2, 0) is 38.5 Å². The molecule has 10 atom stereocenters. The largest absolute Gasteiger partial charge is 0.361 e. The van der Waals surface area contributed by atoms with E-state index in [4.69, 9.17) is 27.1 Å². The van der Waals surface area contributed by atoms with Crippen LogP contribution in [0.3, 0.4) is 0 Å². The van der Waals surface area contributed by atoms with Crippen molar-refractivity contribution in [3.8, 4) is 0 Å².